The summed E-state index contributed by atoms with van der Waals surface area (Å²) < 4.78 is 0. The van der Waals surface area contributed by atoms with Gasteiger partial charge in [-0.05, 0) is 44.4 Å². The maximum Gasteiger partial charge on any atom is 0.0722 e. The van der Waals surface area contributed by atoms with E-state index in [2.05, 4.69) is 59.5 Å². The monoisotopic (exact) mass is 283 g/mol. The highest BCUT2D eigenvalue weighted by Crippen LogP contribution is 2.30. The van der Waals surface area contributed by atoms with Crippen LogP contribution in [0.15, 0.2) is 36.5 Å². The van der Waals surface area contributed by atoms with Crippen molar-refractivity contribution in [3.05, 3.63) is 36.5 Å². The van der Waals surface area contributed by atoms with Crippen molar-refractivity contribution in [1.29, 1.82) is 0 Å². The van der Waals surface area contributed by atoms with E-state index < -0.39 is 0 Å². The molecule has 0 radical (unpaired) electrons. The summed E-state index contributed by atoms with van der Waals surface area (Å²) in [4.78, 5) is 6.93. The summed E-state index contributed by atoms with van der Waals surface area (Å²) in [5.74, 6) is 0. The van der Waals surface area contributed by atoms with Crippen LogP contribution in [0.4, 0.5) is 5.69 Å². The maximum absolute atomic E-state index is 4.47. The third kappa shape index (κ3) is 3.03. The minimum Gasteiger partial charge on any atom is -0.371 e. The molecule has 1 fully saturated rings. The van der Waals surface area contributed by atoms with Crippen LogP contribution in [0, 0.1) is 0 Å². The molecule has 3 heteroatoms. The van der Waals surface area contributed by atoms with Gasteiger partial charge >= 0.3 is 0 Å². The molecule has 1 heterocycles. The van der Waals surface area contributed by atoms with E-state index in [1.165, 1.54) is 36.8 Å². The van der Waals surface area contributed by atoms with E-state index in [-0.39, 0.29) is 0 Å². The SMILES string of the molecule is CCNC1CCC(N(C)c2ccnc3ccccc23)CC1. The molecule has 0 amide bonds. The number of pyridine rings is 1. The third-order valence-electron chi connectivity index (χ3n) is 4.74. The molecule has 1 aromatic carbocycles. The molecule has 1 N–H and O–H groups in total. The van der Waals surface area contributed by atoms with Crippen LogP contribution in [-0.4, -0.2) is 30.7 Å². The Kier molecular flexibility index (Phi) is 4.39. The molecule has 0 unspecified atom stereocenters. The average molecular weight is 283 g/mol. The molecule has 21 heavy (non-hydrogen) atoms. The smallest absolute Gasteiger partial charge is 0.0722 e. The Bertz CT molecular complexity index is 583. The minimum absolute atomic E-state index is 0.644. The molecule has 1 saturated carbocycles. The van der Waals surface area contributed by atoms with Crippen molar-refractivity contribution in [1.82, 2.24) is 10.3 Å². The Morgan fingerprint density at radius 1 is 1.14 bits per heavy atom. The number of nitrogens with zero attached hydrogens (tertiary/aromatic N) is 2. The molecule has 1 aliphatic carbocycles. The van der Waals surface area contributed by atoms with Crippen LogP contribution >= 0.6 is 0 Å². The Labute approximate surface area is 127 Å². The third-order valence-corrected chi connectivity index (χ3v) is 4.74. The van der Waals surface area contributed by atoms with E-state index in [1.54, 1.807) is 0 Å². The molecule has 0 spiro atoms. The number of fused-ring (bicyclic) bond motifs is 1. The molecule has 0 bridgehead atoms. The highest BCUT2D eigenvalue weighted by molar-refractivity contribution is 5.91. The minimum atomic E-state index is 0.644. The first-order valence-corrected chi connectivity index (χ1v) is 8.09. The first kappa shape index (κ1) is 14.3. The van der Waals surface area contributed by atoms with Crippen LogP contribution in [0.1, 0.15) is 32.6 Å². The zero-order chi connectivity index (χ0) is 14.7. The number of benzene rings is 1. The number of anilines is 1. The summed E-state index contributed by atoms with van der Waals surface area (Å²) in [5, 5.41) is 4.85. The lowest BCUT2D eigenvalue weighted by Gasteiger charge is -2.36. The second-order valence-electron chi connectivity index (χ2n) is 6.02. The lowest BCUT2D eigenvalue weighted by atomic mass is 9.90. The Morgan fingerprint density at radius 2 is 1.90 bits per heavy atom. The number of para-hydroxylation sites is 1. The van der Waals surface area contributed by atoms with Gasteiger partial charge < -0.3 is 10.2 Å². The van der Waals surface area contributed by atoms with Gasteiger partial charge in [0.05, 0.1) is 5.52 Å². The normalized spacial score (nSPS) is 22.4. The number of aromatic nitrogens is 1. The van der Waals surface area contributed by atoms with E-state index in [4.69, 9.17) is 0 Å². The summed E-state index contributed by atoms with van der Waals surface area (Å²) in [6.45, 7) is 3.28. The van der Waals surface area contributed by atoms with Crippen molar-refractivity contribution in [3.8, 4) is 0 Å². The summed E-state index contributed by atoms with van der Waals surface area (Å²) in [7, 11) is 2.24. The highest BCUT2D eigenvalue weighted by atomic mass is 15.1. The van der Waals surface area contributed by atoms with Crippen LogP contribution in [0.3, 0.4) is 0 Å². The van der Waals surface area contributed by atoms with Crippen molar-refractivity contribution in [2.24, 2.45) is 0 Å². The Hall–Kier alpha value is -1.61. The fourth-order valence-corrected chi connectivity index (χ4v) is 3.54. The molecule has 0 atom stereocenters. The molecule has 1 aromatic heterocycles. The van der Waals surface area contributed by atoms with E-state index >= 15 is 0 Å². The van der Waals surface area contributed by atoms with Crippen molar-refractivity contribution in [2.75, 3.05) is 18.5 Å². The predicted molar refractivity (Wildman–Crippen MR) is 89.9 cm³/mol. The Balaban J connectivity index is 1.77. The molecule has 0 aliphatic heterocycles. The van der Waals surface area contributed by atoms with Crippen LogP contribution in [0.25, 0.3) is 10.9 Å². The Morgan fingerprint density at radius 3 is 2.67 bits per heavy atom. The highest BCUT2D eigenvalue weighted by Gasteiger charge is 2.24. The molecule has 1 aliphatic rings. The van der Waals surface area contributed by atoms with Gasteiger partial charge in [-0.2, -0.15) is 0 Å². The van der Waals surface area contributed by atoms with Crippen molar-refractivity contribution in [3.63, 3.8) is 0 Å². The molecular formula is C18H25N3. The van der Waals surface area contributed by atoms with E-state index in [0.29, 0.717) is 12.1 Å². The van der Waals surface area contributed by atoms with Gasteiger partial charge in [-0.3, -0.25) is 4.98 Å². The first-order valence-electron chi connectivity index (χ1n) is 8.09. The lowest BCUT2D eigenvalue weighted by Crippen LogP contribution is -2.40. The van der Waals surface area contributed by atoms with Crippen molar-refractivity contribution < 1.29 is 0 Å². The lowest BCUT2D eigenvalue weighted by molar-refractivity contribution is 0.341. The number of rotatable bonds is 4. The van der Waals surface area contributed by atoms with Gasteiger partial charge in [0, 0.05) is 36.4 Å². The summed E-state index contributed by atoms with van der Waals surface area (Å²) >= 11 is 0. The van der Waals surface area contributed by atoms with Crippen LogP contribution in [0.5, 0.6) is 0 Å². The zero-order valence-corrected chi connectivity index (χ0v) is 13.0. The van der Waals surface area contributed by atoms with E-state index in [0.717, 1.165) is 12.1 Å². The second kappa shape index (κ2) is 6.44. The van der Waals surface area contributed by atoms with E-state index in [1.807, 2.05) is 6.20 Å². The second-order valence-corrected chi connectivity index (χ2v) is 6.02. The summed E-state index contributed by atoms with van der Waals surface area (Å²) in [6, 6.07) is 11.9. The van der Waals surface area contributed by atoms with Gasteiger partial charge in [-0.1, -0.05) is 25.1 Å². The van der Waals surface area contributed by atoms with Crippen LogP contribution < -0.4 is 10.2 Å². The quantitative estimate of drug-likeness (QED) is 0.929. The van der Waals surface area contributed by atoms with Crippen molar-refractivity contribution >= 4 is 16.6 Å². The van der Waals surface area contributed by atoms with Gasteiger partial charge in [-0.15, -0.1) is 0 Å². The molecule has 3 rings (SSSR count). The standard InChI is InChI=1S/C18H25N3/c1-3-19-14-8-10-15(11-9-14)21(2)18-12-13-20-17-7-5-4-6-16(17)18/h4-7,12-15,19H,3,8-11H2,1-2H3. The zero-order valence-electron chi connectivity index (χ0n) is 13.0. The largest absolute Gasteiger partial charge is 0.371 e. The fourth-order valence-electron chi connectivity index (χ4n) is 3.54. The predicted octanol–water partition coefficient (Wildman–Crippen LogP) is 3.59. The number of hydrogen-bond donors (Lipinski definition) is 1. The maximum atomic E-state index is 4.47. The summed E-state index contributed by atoms with van der Waals surface area (Å²) in [5.41, 5.74) is 2.40. The average Bonchev–Trinajstić information content (AvgIpc) is 2.55. The van der Waals surface area contributed by atoms with Gasteiger partial charge in [0.15, 0.2) is 0 Å². The van der Waals surface area contributed by atoms with Crippen LogP contribution in [-0.2, 0) is 0 Å². The topological polar surface area (TPSA) is 28.2 Å². The van der Waals surface area contributed by atoms with Gasteiger partial charge in [0.1, 0.15) is 0 Å². The van der Waals surface area contributed by atoms with Gasteiger partial charge in [0.25, 0.3) is 0 Å². The van der Waals surface area contributed by atoms with E-state index in [9.17, 15) is 0 Å². The fraction of sp³-hybridized carbons (Fsp3) is 0.500. The molecular weight excluding hydrogens is 258 g/mol. The van der Waals surface area contributed by atoms with Crippen LogP contribution in [0.2, 0.25) is 0 Å². The van der Waals surface area contributed by atoms with Gasteiger partial charge in [-0.25, -0.2) is 0 Å². The molecule has 2 aromatic rings. The number of nitrogens with one attached hydrogen (secondary N) is 1. The molecule has 0 saturated heterocycles. The first-order chi connectivity index (χ1) is 10.3. The molecule has 3 nitrogen and oxygen atoms in total. The summed E-state index contributed by atoms with van der Waals surface area (Å²) in [6.07, 6.45) is 7.03. The molecule has 112 valence electrons. The number of hydrogen-bond acceptors (Lipinski definition) is 3. The van der Waals surface area contributed by atoms with Gasteiger partial charge in [0.2, 0.25) is 0 Å². The van der Waals surface area contributed by atoms with Crippen molar-refractivity contribution in [2.45, 2.75) is 44.7 Å².